The van der Waals surface area contributed by atoms with Crippen LogP contribution < -0.4 is 5.73 Å². The van der Waals surface area contributed by atoms with E-state index in [1.165, 1.54) is 0 Å². The summed E-state index contributed by atoms with van der Waals surface area (Å²) in [4.78, 5) is 11.2. The number of aromatic amines is 1. The molecule has 2 rings (SSSR count). The molecule has 2 aromatic heterocycles. The van der Waals surface area contributed by atoms with Gasteiger partial charge in [-0.25, -0.2) is 9.97 Å². The van der Waals surface area contributed by atoms with Crippen LogP contribution in [0.1, 0.15) is 18.7 Å². The monoisotopic (exact) mass is 192 g/mol. The Labute approximate surface area is 81.0 Å². The first-order valence-electron chi connectivity index (χ1n) is 4.42. The average Bonchev–Trinajstić information content (AvgIpc) is 2.62. The molecule has 0 radical (unpaired) electrons. The third kappa shape index (κ3) is 1.47. The van der Waals surface area contributed by atoms with Crippen molar-refractivity contribution in [3.8, 4) is 0 Å². The Morgan fingerprint density at radius 3 is 3.00 bits per heavy atom. The summed E-state index contributed by atoms with van der Waals surface area (Å²) in [6.45, 7) is 1.64. The molecular formula is C9H12N4O. The number of imidazole rings is 1. The molecule has 2 aromatic rings. The van der Waals surface area contributed by atoms with Crippen LogP contribution in [0, 0.1) is 0 Å². The van der Waals surface area contributed by atoms with Crippen molar-refractivity contribution in [3.05, 3.63) is 24.2 Å². The van der Waals surface area contributed by atoms with Crippen molar-refractivity contribution in [1.82, 2.24) is 15.0 Å². The highest BCUT2D eigenvalue weighted by Gasteiger charge is 2.13. The number of nitrogens with two attached hydrogens (primary N) is 1. The Balaban J connectivity index is 2.43. The molecule has 0 bridgehead atoms. The van der Waals surface area contributed by atoms with E-state index in [9.17, 15) is 5.11 Å². The molecule has 0 fully saturated rings. The summed E-state index contributed by atoms with van der Waals surface area (Å²) < 4.78 is 0. The van der Waals surface area contributed by atoms with Crippen LogP contribution in [0.2, 0.25) is 0 Å². The summed E-state index contributed by atoms with van der Waals surface area (Å²) in [5, 5.41) is 9.30. The first-order valence-corrected chi connectivity index (χ1v) is 4.42. The van der Waals surface area contributed by atoms with Crippen LogP contribution in [0.25, 0.3) is 11.2 Å². The zero-order valence-corrected chi connectivity index (χ0v) is 7.81. The molecular weight excluding hydrogens is 180 g/mol. The van der Waals surface area contributed by atoms with Gasteiger partial charge in [-0.15, -0.1) is 0 Å². The molecule has 0 amide bonds. The van der Waals surface area contributed by atoms with Crippen LogP contribution in [0.3, 0.4) is 0 Å². The minimum Gasteiger partial charge on any atom is -0.391 e. The quantitative estimate of drug-likeness (QED) is 0.640. The lowest BCUT2D eigenvalue weighted by Crippen LogP contribution is -2.24. The van der Waals surface area contributed by atoms with Gasteiger partial charge < -0.3 is 15.8 Å². The predicted octanol–water partition coefficient (Wildman–Crippen LogP) is 0.339. The van der Waals surface area contributed by atoms with E-state index in [-0.39, 0.29) is 0 Å². The second kappa shape index (κ2) is 3.36. The second-order valence-corrected chi connectivity index (χ2v) is 3.28. The highest BCUT2D eigenvalue weighted by atomic mass is 16.3. The Morgan fingerprint density at radius 1 is 1.50 bits per heavy atom. The van der Waals surface area contributed by atoms with Crippen molar-refractivity contribution in [2.75, 3.05) is 0 Å². The van der Waals surface area contributed by atoms with Crippen molar-refractivity contribution in [2.24, 2.45) is 5.73 Å². The van der Waals surface area contributed by atoms with E-state index >= 15 is 0 Å². The minimum atomic E-state index is -0.612. The zero-order valence-electron chi connectivity index (χ0n) is 7.81. The lowest BCUT2D eigenvalue weighted by molar-refractivity contribution is 0.162. The van der Waals surface area contributed by atoms with Crippen molar-refractivity contribution in [2.45, 2.75) is 19.1 Å². The van der Waals surface area contributed by atoms with Gasteiger partial charge in [-0.05, 0) is 19.1 Å². The van der Waals surface area contributed by atoms with E-state index < -0.39 is 12.1 Å². The van der Waals surface area contributed by atoms with Crippen molar-refractivity contribution in [3.63, 3.8) is 0 Å². The highest BCUT2D eigenvalue weighted by Crippen LogP contribution is 2.14. The Kier molecular flexibility index (Phi) is 2.18. The van der Waals surface area contributed by atoms with Crippen molar-refractivity contribution in [1.29, 1.82) is 0 Å². The first-order chi connectivity index (χ1) is 6.68. The smallest absolute Gasteiger partial charge is 0.177 e. The molecule has 0 aliphatic heterocycles. The maximum atomic E-state index is 9.30. The molecule has 0 saturated carbocycles. The molecule has 2 atom stereocenters. The van der Waals surface area contributed by atoms with E-state index in [2.05, 4.69) is 15.0 Å². The molecule has 0 aliphatic carbocycles. The van der Waals surface area contributed by atoms with Crippen molar-refractivity contribution >= 4 is 11.2 Å². The van der Waals surface area contributed by atoms with Gasteiger partial charge in [0, 0.05) is 0 Å². The van der Waals surface area contributed by atoms with Crippen LogP contribution in [0.15, 0.2) is 18.5 Å². The van der Waals surface area contributed by atoms with Gasteiger partial charge in [0.05, 0.1) is 29.7 Å². The summed E-state index contributed by atoms with van der Waals surface area (Å²) in [7, 11) is 0. The average molecular weight is 192 g/mol. The van der Waals surface area contributed by atoms with E-state index in [0.29, 0.717) is 11.3 Å². The number of aromatic nitrogens is 3. The molecule has 14 heavy (non-hydrogen) atoms. The normalized spacial score (nSPS) is 15.6. The van der Waals surface area contributed by atoms with Gasteiger partial charge in [-0.2, -0.15) is 0 Å². The number of rotatable bonds is 2. The Hall–Kier alpha value is -1.46. The third-order valence-electron chi connectivity index (χ3n) is 2.16. The van der Waals surface area contributed by atoms with Crippen LogP contribution in [-0.2, 0) is 0 Å². The fourth-order valence-electron chi connectivity index (χ4n) is 1.27. The first kappa shape index (κ1) is 9.11. The SMILES string of the molecule is CC(O)C(N)c1ccc2[nH]cnc2n1. The molecule has 0 spiro atoms. The maximum absolute atomic E-state index is 9.30. The third-order valence-corrected chi connectivity index (χ3v) is 2.16. The van der Waals surface area contributed by atoms with Gasteiger partial charge in [0.1, 0.15) is 0 Å². The predicted molar refractivity (Wildman–Crippen MR) is 52.5 cm³/mol. The summed E-state index contributed by atoms with van der Waals surface area (Å²) >= 11 is 0. The standard InChI is InChI=1S/C9H12N4O/c1-5(14)8(10)6-2-3-7-9(13-6)12-4-11-7/h2-5,8,14H,10H2,1H3,(H,11,12,13). The molecule has 74 valence electrons. The zero-order chi connectivity index (χ0) is 10.1. The van der Waals surface area contributed by atoms with Crippen LogP contribution in [0.5, 0.6) is 0 Å². The van der Waals surface area contributed by atoms with Crippen LogP contribution in [-0.4, -0.2) is 26.2 Å². The molecule has 0 aromatic carbocycles. The molecule has 2 heterocycles. The molecule has 0 aliphatic rings. The molecule has 0 saturated heterocycles. The summed E-state index contributed by atoms with van der Waals surface area (Å²) in [5.41, 5.74) is 7.89. The second-order valence-electron chi connectivity index (χ2n) is 3.28. The Morgan fingerprint density at radius 2 is 2.29 bits per heavy atom. The summed E-state index contributed by atoms with van der Waals surface area (Å²) in [6, 6.07) is 3.18. The number of hydrogen-bond donors (Lipinski definition) is 3. The van der Waals surface area contributed by atoms with Gasteiger partial charge in [0.15, 0.2) is 5.65 Å². The number of fused-ring (bicyclic) bond motifs is 1. The van der Waals surface area contributed by atoms with E-state index in [0.717, 1.165) is 5.52 Å². The number of aliphatic hydroxyl groups excluding tert-OH is 1. The maximum Gasteiger partial charge on any atom is 0.177 e. The number of nitrogens with one attached hydrogen (secondary N) is 1. The largest absolute Gasteiger partial charge is 0.391 e. The van der Waals surface area contributed by atoms with E-state index in [1.807, 2.05) is 6.07 Å². The number of pyridine rings is 1. The fourth-order valence-corrected chi connectivity index (χ4v) is 1.27. The van der Waals surface area contributed by atoms with E-state index in [4.69, 9.17) is 5.73 Å². The van der Waals surface area contributed by atoms with Crippen LogP contribution >= 0.6 is 0 Å². The van der Waals surface area contributed by atoms with Gasteiger partial charge >= 0.3 is 0 Å². The van der Waals surface area contributed by atoms with Gasteiger partial charge in [0.2, 0.25) is 0 Å². The van der Waals surface area contributed by atoms with Gasteiger partial charge in [0.25, 0.3) is 0 Å². The number of aliphatic hydroxyl groups is 1. The highest BCUT2D eigenvalue weighted by molar-refractivity contribution is 5.69. The fraction of sp³-hybridized carbons (Fsp3) is 0.333. The van der Waals surface area contributed by atoms with Gasteiger partial charge in [-0.3, -0.25) is 0 Å². The molecule has 4 N–H and O–H groups in total. The number of hydrogen-bond acceptors (Lipinski definition) is 4. The molecule has 2 unspecified atom stereocenters. The summed E-state index contributed by atoms with van der Waals surface area (Å²) in [5.74, 6) is 0. The lowest BCUT2D eigenvalue weighted by atomic mass is 10.1. The number of H-pyrrole nitrogens is 1. The van der Waals surface area contributed by atoms with Gasteiger partial charge in [-0.1, -0.05) is 0 Å². The molecule has 5 nitrogen and oxygen atoms in total. The molecule has 5 heteroatoms. The summed E-state index contributed by atoms with van der Waals surface area (Å²) in [6.07, 6.45) is 0.967. The lowest BCUT2D eigenvalue weighted by Gasteiger charge is -2.13. The minimum absolute atomic E-state index is 0.462. The Bertz CT molecular complexity index is 437. The van der Waals surface area contributed by atoms with Crippen molar-refractivity contribution < 1.29 is 5.11 Å². The topological polar surface area (TPSA) is 87.8 Å². The van der Waals surface area contributed by atoms with E-state index in [1.54, 1.807) is 19.3 Å². The number of nitrogens with zero attached hydrogens (tertiary/aromatic N) is 2. The van der Waals surface area contributed by atoms with Crippen LogP contribution in [0.4, 0.5) is 0 Å².